The normalized spacial score (nSPS) is 10.9. The molecule has 7 heteroatoms. The smallest absolute Gasteiger partial charge is 0.303 e. The molecule has 0 unspecified atom stereocenters. The molecule has 22 heavy (non-hydrogen) atoms. The van der Waals surface area contributed by atoms with Crippen molar-refractivity contribution in [3.63, 3.8) is 0 Å². The summed E-state index contributed by atoms with van der Waals surface area (Å²) in [6.45, 7) is 4.84. The van der Waals surface area contributed by atoms with Crippen LogP contribution in [0, 0.1) is 0 Å². The third-order valence-corrected chi connectivity index (χ3v) is 3.28. The van der Waals surface area contributed by atoms with Crippen LogP contribution in [-0.4, -0.2) is 28.4 Å². The minimum atomic E-state index is -0.923. The molecular formula is C15H19ClN2O4. The Balaban J connectivity index is 2.88. The van der Waals surface area contributed by atoms with Crippen LogP contribution in [0.4, 0.5) is 5.69 Å². The topological polar surface area (TPSA) is 95.5 Å². The first-order valence-electron chi connectivity index (χ1n) is 6.72. The minimum absolute atomic E-state index is 0.0487. The van der Waals surface area contributed by atoms with E-state index in [1.54, 1.807) is 19.9 Å². The van der Waals surface area contributed by atoms with Crippen LogP contribution in [0.3, 0.4) is 0 Å². The van der Waals surface area contributed by atoms with Gasteiger partial charge in [-0.05, 0) is 38.5 Å². The summed E-state index contributed by atoms with van der Waals surface area (Å²) in [6.07, 6.45) is 0.240. The van der Waals surface area contributed by atoms with Gasteiger partial charge in [-0.1, -0.05) is 11.6 Å². The summed E-state index contributed by atoms with van der Waals surface area (Å²) in [5.74, 6) is -1.60. The van der Waals surface area contributed by atoms with Crippen molar-refractivity contribution in [3.05, 3.63) is 28.8 Å². The molecule has 0 bridgehead atoms. The van der Waals surface area contributed by atoms with E-state index in [0.717, 1.165) is 0 Å². The Bertz CT molecular complexity index is 599. The van der Waals surface area contributed by atoms with Gasteiger partial charge in [0.05, 0.1) is 10.6 Å². The number of carbonyl (C=O) groups excluding carboxylic acids is 2. The highest BCUT2D eigenvalue weighted by Gasteiger charge is 2.23. The fourth-order valence-corrected chi connectivity index (χ4v) is 2.04. The van der Waals surface area contributed by atoms with E-state index < -0.39 is 17.4 Å². The fourth-order valence-electron chi connectivity index (χ4n) is 1.84. The van der Waals surface area contributed by atoms with Gasteiger partial charge in [-0.2, -0.15) is 0 Å². The molecule has 0 saturated heterocycles. The lowest BCUT2D eigenvalue weighted by molar-refractivity contribution is -0.137. The van der Waals surface area contributed by atoms with Gasteiger partial charge in [-0.25, -0.2) is 0 Å². The number of carboxylic acid groups (broad SMARTS) is 1. The zero-order chi connectivity index (χ0) is 16.9. The van der Waals surface area contributed by atoms with Crippen LogP contribution >= 0.6 is 11.6 Å². The molecule has 1 aromatic rings. The molecule has 0 heterocycles. The summed E-state index contributed by atoms with van der Waals surface area (Å²) in [5, 5.41) is 14.3. The minimum Gasteiger partial charge on any atom is -0.481 e. The van der Waals surface area contributed by atoms with Crippen LogP contribution in [0.25, 0.3) is 0 Å². The predicted octanol–water partition coefficient (Wildman–Crippen LogP) is 2.67. The highest BCUT2D eigenvalue weighted by molar-refractivity contribution is 6.34. The molecular weight excluding hydrogens is 308 g/mol. The standard InChI is InChI=1S/C15H19ClN2O4/c1-9(19)17-10-4-5-12(16)11(8-10)14(22)18-15(2,3)7-6-13(20)21/h4-5,8H,6-7H2,1-3H3,(H,17,19)(H,18,22)(H,20,21). The lowest BCUT2D eigenvalue weighted by Gasteiger charge is -2.26. The van der Waals surface area contributed by atoms with Gasteiger partial charge in [0.25, 0.3) is 5.91 Å². The molecule has 0 saturated carbocycles. The summed E-state index contributed by atoms with van der Waals surface area (Å²) in [6, 6.07) is 4.59. The number of hydrogen-bond donors (Lipinski definition) is 3. The summed E-state index contributed by atoms with van der Waals surface area (Å²) in [5.41, 5.74) is -0.00952. The Hall–Kier alpha value is -2.08. The van der Waals surface area contributed by atoms with Crippen molar-refractivity contribution in [3.8, 4) is 0 Å². The number of amides is 2. The molecule has 6 nitrogen and oxygen atoms in total. The van der Waals surface area contributed by atoms with Crippen molar-refractivity contribution in [1.29, 1.82) is 0 Å². The fraction of sp³-hybridized carbons (Fsp3) is 0.400. The average molecular weight is 327 g/mol. The quantitative estimate of drug-likeness (QED) is 0.749. The van der Waals surface area contributed by atoms with Gasteiger partial charge in [0.1, 0.15) is 0 Å². The first-order valence-corrected chi connectivity index (χ1v) is 7.10. The van der Waals surface area contributed by atoms with Crippen molar-refractivity contribution in [2.75, 3.05) is 5.32 Å². The largest absolute Gasteiger partial charge is 0.481 e. The van der Waals surface area contributed by atoms with Gasteiger partial charge in [0, 0.05) is 24.6 Å². The maximum atomic E-state index is 12.3. The molecule has 1 aromatic carbocycles. The van der Waals surface area contributed by atoms with Crippen molar-refractivity contribution < 1.29 is 19.5 Å². The Kier molecular flexibility index (Phi) is 5.93. The van der Waals surface area contributed by atoms with Gasteiger partial charge >= 0.3 is 5.97 Å². The molecule has 2 amide bonds. The van der Waals surface area contributed by atoms with Gasteiger partial charge in [0.15, 0.2) is 0 Å². The van der Waals surface area contributed by atoms with E-state index in [-0.39, 0.29) is 29.3 Å². The zero-order valence-corrected chi connectivity index (χ0v) is 13.5. The maximum absolute atomic E-state index is 12.3. The van der Waals surface area contributed by atoms with Crippen LogP contribution in [0.15, 0.2) is 18.2 Å². The number of halogens is 1. The van der Waals surface area contributed by atoms with E-state index in [2.05, 4.69) is 10.6 Å². The van der Waals surface area contributed by atoms with Crippen molar-refractivity contribution >= 4 is 35.1 Å². The molecule has 0 radical (unpaired) electrons. The van der Waals surface area contributed by atoms with Gasteiger partial charge in [-0.15, -0.1) is 0 Å². The number of benzene rings is 1. The third kappa shape index (κ3) is 5.73. The number of anilines is 1. The third-order valence-electron chi connectivity index (χ3n) is 2.95. The monoisotopic (exact) mass is 326 g/mol. The second-order valence-corrected chi connectivity index (χ2v) is 6.01. The van der Waals surface area contributed by atoms with Crippen LogP contribution in [0.1, 0.15) is 44.0 Å². The number of aliphatic carboxylic acids is 1. The molecule has 0 aliphatic carbocycles. The second kappa shape index (κ2) is 7.26. The first-order chi connectivity index (χ1) is 10.1. The van der Waals surface area contributed by atoms with E-state index in [1.165, 1.54) is 19.1 Å². The van der Waals surface area contributed by atoms with Crippen LogP contribution in [-0.2, 0) is 9.59 Å². The Labute approximate surface area is 133 Å². The average Bonchev–Trinajstić information content (AvgIpc) is 2.37. The molecule has 0 atom stereocenters. The van der Waals surface area contributed by atoms with Crippen molar-refractivity contribution in [2.45, 2.75) is 39.2 Å². The Morgan fingerprint density at radius 1 is 1.27 bits per heavy atom. The Morgan fingerprint density at radius 3 is 2.45 bits per heavy atom. The molecule has 0 spiro atoms. The van der Waals surface area contributed by atoms with Crippen LogP contribution in [0.5, 0.6) is 0 Å². The van der Waals surface area contributed by atoms with Gasteiger partial charge in [-0.3, -0.25) is 14.4 Å². The summed E-state index contributed by atoms with van der Waals surface area (Å²) < 4.78 is 0. The van der Waals surface area contributed by atoms with E-state index in [1.807, 2.05) is 0 Å². The predicted molar refractivity (Wildman–Crippen MR) is 84.2 cm³/mol. The molecule has 0 aliphatic heterocycles. The summed E-state index contributed by atoms with van der Waals surface area (Å²) in [7, 11) is 0. The van der Waals surface area contributed by atoms with E-state index in [9.17, 15) is 14.4 Å². The van der Waals surface area contributed by atoms with Crippen LogP contribution in [0.2, 0.25) is 5.02 Å². The number of nitrogens with one attached hydrogen (secondary N) is 2. The van der Waals surface area contributed by atoms with E-state index in [0.29, 0.717) is 5.69 Å². The molecule has 3 N–H and O–H groups in total. The summed E-state index contributed by atoms with van der Waals surface area (Å²) in [4.78, 5) is 34.0. The highest BCUT2D eigenvalue weighted by Crippen LogP contribution is 2.22. The van der Waals surface area contributed by atoms with Crippen molar-refractivity contribution in [2.24, 2.45) is 0 Å². The number of hydrogen-bond acceptors (Lipinski definition) is 3. The molecule has 0 fully saturated rings. The first kappa shape index (κ1) is 18.0. The molecule has 120 valence electrons. The second-order valence-electron chi connectivity index (χ2n) is 5.61. The molecule has 0 aliphatic rings. The lowest BCUT2D eigenvalue weighted by Crippen LogP contribution is -2.43. The van der Waals surface area contributed by atoms with Crippen LogP contribution < -0.4 is 10.6 Å². The number of rotatable bonds is 6. The SMILES string of the molecule is CC(=O)Nc1ccc(Cl)c(C(=O)NC(C)(C)CCC(=O)O)c1. The zero-order valence-electron chi connectivity index (χ0n) is 12.7. The summed E-state index contributed by atoms with van der Waals surface area (Å²) >= 11 is 6.02. The Morgan fingerprint density at radius 2 is 1.91 bits per heavy atom. The van der Waals surface area contributed by atoms with Gasteiger partial charge in [0.2, 0.25) is 5.91 Å². The molecule has 0 aromatic heterocycles. The molecule has 1 rings (SSSR count). The lowest BCUT2D eigenvalue weighted by atomic mass is 9.97. The highest BCUT2D eigenvalue weighted by atomic mass is 35.5. The van der Waals surface area contributed by atoms with Crippen molar-refractivity contribution in [1.82, 2.24) is 5.32 Å². The number of carboxylic acids is 1. The van der Waals surface area contributed by atoms with E-state index >= 15 is 0 Å². The van der Waals surface area contributed by atoms with E-state index in [4.69, 9.17) is 16.7 Å². The van der Waals surface area contributed by atoms with Gasteiger partial charge < -0.3 is 15.7 Å². The number of carbonyl (C=O) groups is 3. The maximum Gasteiger partial charge on any atom is 0.303 e.